The summed E-state index contributed by atoms with van der Waals surface area (Å²) in [4.78, 5) is 1.98. The van der Waals surface area contributed by atoms with Crippen LogP contribution in [-0.4, -0.2) is 29.9 Å². The molecule has 0 aromatic heterocycles. The molecule has 4 heteroatoms. The first-order valence-electron chi connectivity index (χ1n) is 6.35. The number of hydrogen-bond acceptors (Lipinski definition) is 3. The van der Waals surface area contributed by atoms with Gasteiger partial charge in [-0.1, -0.05) is 6.92 Å². The second kappa shape index (κ2) is 6.71. The minimum atomic E-state index is -0.729. The van der Waals surface area contributed by atoms with Gasteiger partial charge in [-0.2, -0.15) is 0 Å². The molecular formula is C14H22FNO2. The lowest BCUT2D eigenvalue weighted by atomic mass is 10.0. The van der Waals surface area contributed by atoms with Crippen molar-refractivity contribution in [3.8, 4) is 0 Å². The van der Waals surface area contributed by atoms with Crippen molar-refractivity contribution in [3.63, 3.8) is 0 Å². The third-order valence-corrected chi connectivity index (χ3v) is 2.96. The predicted octanol–water partition coefficient (Wildman–Crippen LogP) is 2.40. The molecular weight excluding hydrogens is 233 g/mol. The Morgan fingerprint density at radius 1 is 1.33 bits per heavy atom. The highest BCUT2D eigenvalue weighted by molar-refractivity contribution is 5.56. The molecule has 2 N–H and O–H groups in total. The van der Waals surface area contributed by atoms with E-state index in [2.05, 4.69) is 0 Å². The smallest absolute Gasteiger partial charge is 0.126 e. The number of nitrogens with zero attached hydrogens (tertiary/aromatic N) is 1. The molecule has 1 aromatic rings. The lowest BCUT2D eigenvalue weighted by Crippen LogP contribution is -2.29. The van der Waals surface area contributed by atoms with Crippen LogP contribution in [0.2, 0.25) is 0 Å². The fraction of sp³-hybridized carbons (Fsp3) is 0.571. The second-order valence-electron chi connectivity index (χ2n) is 4.55. The summed E-state index contributed by atoms with van der Waals surface area (Å²) in [5.74, 6) is -0.310. The van der Waals surface area contributed by atoms with Crippen LogP contribution in [0.4, 0.5) is 10.1 Å². The van der Waals surface area contributed by atoms with Crippen molar-refractivity contribution in [2.75, 3.05) is 24.6 Å². The Hall–Kier alpha value is -1.13. The quantitative estimate of drug-likeness (QED) is 0.820. The summed E-state index contributed by atoms with van der Waals surface area (Å²) in [6.07, 6.45) is 0.198. The van der Waals surface area contributed by atoms with Crippen molar-refractivity contribution in [1.82, 2.24) is 0 Å². The maximum Gasteiger partial charge on any atom is 0.126 e. The summed E-state index contributed by atoms with van der Waals surface area (Å²) in [5.41, 5.74) is 1.92. The predicted molar refractivity (Wildman–Crippen MR) is 71.4 cm³/mol. The van der Waals surface area contributed by atoms with Crippen molar-refractivity contribution < 1.29 is 14.6 Å². The van der Waals surface area contributed by atoms with Crippen molar-refractivity contribution in [2.45, 2.75) is 33.3 Å². The number of aryl methyl sites for hydroxylation is 1. The molecule has 3 nitrogen and oxygen atoms in total. The topological polar surface area (TPSA) is 43.7 Å². The number of hydrogen-bond donors (Lipinski definition) is 2. The Balaban J connectivity index is 3.21. The van der Waals surface area contributed by atoms with Crippen molar-refractivity contribution in [1.29, 1.82) is 0 Å². The van der Waals surface area contributed by atoms with Crippen LogP contribution in [-0.2, 0) is 0 Å². The van der Waals surface area contributed by atoms with Crippen LogP contribution in [0.3, 0.4) is 0 Å². The van der Waals surface area contributed by atoms with Gasteiger partial charge in [-0.25, -0.2) is 4.39 Å². The van der Waals surface area contributed by atoms with Gasteiger partial charge in [0.1, 0.15) is 5.82 Å². The van der Waals surface area contributed by atoms with Gasteiger partial charge < -0.3 is 15.1 Å². The maximum absolute atomic E-state index is 13.6. The molecule has 102 valence electrons. The molecule has 1 rings (SSSR count). The summed E-state index contributed by atoms with van der Waals surface area (Å²) in [7, 11) is 0. The molecule has 0 saturated carbocycles. The zero-order valence-corrected chi connectivity index (χ0v) is 11.3. The van der Waals surface area contributed by atoms with Gasteiger partial charge in [0.15, 0.2) is 0 Å². The van der Waals surface area contributed by atoms with Gasteiger partial charge in [-0.15, -0.1) is 0 Å². The zero-order chi connectivity index (χ0) is 13.7. The Morgan fingerprint density at radius 2 is 2.00 bits per heavy atom. The zero-order valence-electron chi connectivity index (χ0n) is 11.3. The van der Waals surface area contributed by atoms with Crippen molar-refractivity contribution in [3.05, 3.63) is 29.1 Å². The minimum Gasteiger partial charge on any atom is -0.395 e. The average Bonchev–Trinajstić information content (AvgIpc) is 2.31. The molecule has 0 aliphatic heterocycles. The van der Waals surface area contributed by atoms with E-state index in [1.165, 1.54) is 6.07 Å². The molecule has 0 aliphatic carbocycles. The Labute approximate surface area is 108 Å². The highest BCUT2D eigenvalue weighted by Gasteiger charge is 2.16. The monoisotopic (exact) mass is 255 g/mol. The van der Waals surface area contributed by atoms with Crippen LogP contribution in [0.5, 0.6) is 0 Å². The van der Waals surface area contributed by atoms with Crippen LogP contribution in [0.1, 0.15) is 37.5 Å². The first-order valence-corrected chi connectivity index (χ1v) is 6.35. The number of halogens is 1. The number of anilines is 1. The van der Waals surface area contributed by atoms with E-state index in [0.717, 1.165) is 18.7 Å². The molecule has 0 radical (unpaired) electrons. The molecule has 0 saturated heterocycles. The fourth-order valence-corrected chi connectivity index (χ4v) is 2.03. The third-order valence-electron chi connectivity index (χ3n) is 2.96. The molecule has 0 fully saturated rings. The molecule has 0 spiro atoms. The summed E-state index contributed by atoms with van der Waals surface area (Å²) in [5, 5.41) is 18.8. The standard InChI is InChI=1S/C14H22FNO2/c1-4-5-16(6-7-17)14-8-10(2)13(15)9-12(14)11(3)18/h8-9,11,17-18H,4-7H2,1-3H3/t11-/m1/s1. The van der Waals surface area contributed by atoms with E-state index >= 15 is 0 Å². The van der Waals surface area contributed by atoms with Gasteiger partial charge in [0.25, 0.3) is 0 Å². The molecule has 0 aliphatic rings. The molecule has 0 heterocycles. The number of benzene rings is 1. The van der Waals surface area contributed by atoms with Gasteiger partial charge in [0.2, 0.25) is 0 Å². The first kappa shape index (κ1) is 14.9. The highest BCUT2D eigenvalue weighted by Crippen LogP contribution is 2.29. The summed E-state index contributed by atoms with van der Waals surface area (Å²) in [6.45, 7) is 6.66. The third kappa shape index (κ3) is 3.43. The lowest BCUT2D eigenvalue weighted by Gasteiger charge is -2.27. The van der Waals surface area contributed by atoms with E-state index in [0.29, 0.717) is 17.7 Å². The van der Waals surface area contributed by atoms with Gasteiger partial charge in [0.05, 0.1) is 12.7 Å². The molecule has 18 heavy (non-hydrogen) atoms. The number of rotatable bonds is 6. The maximum atomic E-state index is 13.6. The second-order valence-corrected chi connectivity index (χ2v) is 4.55. The van der Waals surface area contributed by atoms with E-state index < -0.39 is 6.10 Å². The van der Waals surface area contributed by atoms with Crippen LogP contribution in [0.15, 0.2) is 12.1 Å². The van der Waals surface area contributed by atoms with E-state index in [1.54, 1.807) is 19.9 Å². The average molecular weight is 255 g/mol. The van der Waals surface area contributed by atoms with Crippen LogP contribution >= 0.6 is 0 Å². The molecule has 1 atom stereocenters. The Kier molecular flexibility index (Phi) is 5.56. The van der Waals surface area contributed by atoms with E-state index in [4.69, 9.17) is 5.11 Å². The largest absolute Gasteiger partial charge is 0.395 e. The van der Waals surface area contributed by atoms with Gasteiger partial charge in [0, 0.05) is 24.3 Å². The SMILES string of the molecule is CCCN(CCO)c1cc(C)c(F)cc1[C@@H](C)O. The van der Waals surface area contributed by atoms with Crippen molar-refractivity contribution in [2.24, 2.45) is 0 Å². The normalized spacial score (nSPS) is 12.6. The first-order chi connectivity index (χ1) is 8.51. The molecule has 1 aromatic carbocycles. The summed E-state index contributed by atoms with van der Waals surface area (Å²) in [6, 6.07) is 3.12. The molecule has 0 amide bonds. The summed E-state index contributed by atoms with van der Waals surface area (Å²) >= 11 is 0. The van der Waals surface area contributed by atoms with Gasteiger partial charge in [-0.05, 0) is 38.0 Å². The number of aliphatic hydroxyl groups is 2. The van der Waals surface area contributed by atoms with Crippen molar-refractivity contribution >= 4 is 5.69 Å². The number of aliphatic hydroxyl groups excluding tert-OH is 2. The highest BCUT2D eigenvalue weighted by atomic mass is 19.1. The van der Waals surface area contributed by atoms with E-state index in [-0.39, 0.29) is 12.4 Å². The Morgan fingerprint density at radius 3 is 2.50 bits per heavy atom. The van der Waals surface area contributed by atoms with Crippen LogP contribution in [0.25, 0.3) is 0 Å². The minimum absolute atomic E-state index is 0.0374. The van der Waals surface area contributed by atoms with Gasteiger partial charge in [-0.3, -0.25) is 0 Å². The van der Waals surface area contributed by atoms with Crippen LogP contribution in [0, 0.1) is 12.7 Å². The fourth-order valence-electron chi connectivity index (χ4n) is 2.03. The Bertz CT molecular complexity index is 388. The molecule has 0 bridgehead atoms. The van der Waals surface area contributed by atoms with E-state index in [1.807, 2.05) is 11.8 Å². The lowest BCUT2D eigenvalue weighted by molar-refractivity contribution is 0.199. The van der Waals surface area contributed by atoms with Crippen LogP contribution < -0.4 is 4.90 Å². The van der Waals surface area contributed by atoms with Gasteiger partial charge >= 0.3 is 0 Å². The van der Waals surface area contributed by atoms with E-state index in [9.17, 15) is 9.50 Å². The summed E-state index contributed by atoms with van der Waals surface area (Å²) < 4.78 is 13.6. The molecule has 0 unspecified atom stereocenters.